The van der Waals surface area contributed by atoms with Crippen LogP contribution in [0.3, 0.4) is 0 Å². The van der Waals surface area contributed by atoms with E-state index in [1.54, 1.807) is 26.5 Å². The van der Waals surface area contributed by atoms with E-state index in [1.165, 1.54) is 20.3 Å². The standard InChI is InChI=1S/C30H35Cl2N5O6/c1-6-25(38)35-19-7-10-43-15-21(19)34-24-12-18-17(14-33-24)11-20(26-27(31)22(39-2)13-23(40-3)28(26)32)36-29(18)37-9-8-30(16-37,41-4)42-5/h6,11-14,19,21H,1,7-10,15-16H2,2-5H3,(H,33,34)(H,35,38)/t19-,21+/m0/s1. The Morgan fingerprint density at radius 3 is 2.47 bits per heavy atom. The van der Waals surface area contributed by atoms with Gasteiger partial charge in [-0.3, -0.25) is 4.79 Å². The van der Waals surface area contributed by atoms with Crippen molar-refractivity contribution in [1.82, 2.24) is 15.3 Å². The second kappa shape index (κ2) is 13.1. The molecule has 0 unspecified atom stereocenters. The number of amides is 1. The lowest BCUT2D eigenvalue weighted by Crippen LogP contribution is -2.52. The Balaban J connectivity index is 1.61. The monoisotopic (exact) mass is 631 g/mol. The molecule has 0 aliphatic carbocycles. The van der Waals surface area contributed by atoms with Crippen molar-refractivity contribution in [2.75, 3.05) is 65.0 Å². The van der Waals surface area contributed by atoms with E-state index in [9.17, 15) is 4.79 Å². The Hall–Kier alpha value is -3.35. The molecule has 3 aromatic rings. The number of nitrogens with zero attached hydrogens (tertiary/aromatic N) is 3. The van der Waals surface area contributed by atoms with Gasteiger partial charge in [0.15, 0.2) is 5.79 Å². The number of benzene rings is 1. The minimum Gasteiger partial charge on any atom is -0.495 e. The largest absolute Gasteiger partial charge is 0.495 e. The number of hydrogen-bond acceptors (Lipinski definition) is 10. The summed E-state index contributed by atoms with van der Waals surface area (Å²) in [5.74, 6) is 1.10. The number of fused-ring (bicyclic) bond motifs is 1. The maximum Gasteiger partial charge on any atom is 0.243 e. The molecular formula is C30H35Cl2N5O6. The van der Waals surface area contributed by atoms with Gasteiger partial charge in [0.2, 0.25) is 5.91 Å². The van der Waals surface area contributed by atoms with Gasteiger partial charge in [0.1, 0.15) is 23.1 Å². The maximum atomic E-state index is 12.0. The molecule has 11 nitrogen and oxygen atoms in total. The van der Waals surface area contributed by atoms with Crippen LogP contribution in [-0.2, 0) is 19.0 Å². The molecule has 2 aliphatic rings. The average molecular weight is 633 g/mol. The summed E-state index contributed by atoms with van der Waals surface area (Å²) in [5, 5.41) is 8.71. The lowest BCUT2D eigenvalue weighted by Gasteiger charge is -2.33. The minimum absolute atomic E-state index is 0.147. The lowest BCUT2D eigenvalue weighted by atomic mass is 10.0. The predicted octanol–water partition coefficient (Wildman–Crippen LogP) is 4.69. The highest BCUT2D eigenvalue weighted by molar-refractivity contribution is 6.41. The summed E-state index contributed by atoms with van der Waals surface area (Å²) in [6, 6.07) is 5.13. The second-order valence-electron chi connectivity index (χ2n) is 10.3. The van der Waals surface area contributed by atoms with Crippen LogP contribution < -0.4 is 25.0 Å². The van der Waals surface area contributed by atoms with Crippen LogP contribution >= 0.6 is 23.2 Å². The first-order chi connectivity index (χ1) is 20.8. The molecule has 2 atom stereocenters. The van der Waals surface area contributed by atoms with E-state index in [0.717, 1.165) is 10.8 Å². The Morgan fingerprint density at radius 1 is 1.12 bits per heavy atom. The molecule has 13 heteroatoms. The lowest BCUT2D eigenvalue weighted by molar-refractivity contribution is -0.189. The van der Waals surface area contributed by atoms with Crippen LogP contribution in [0.1, 0.15) is 12.8 Å². The molecule has 0 radical (unpaired) electrons. The fourth-order valence-corrected chi connectivity index (χ4v) is 6.22. The number of pyridine rings is 2. The number of halogens is 2. The molecule has 2 aliphatic heterocycles. The van der Waals surface area contributed by atoms with Gasteiger partial charge in [-0.2, -0.15) is 0 Å². The summed E-state index contributed by atoms with van der Waals surface area (Å²) >= 11 is 13.6. The molecule has 2 saturated heterocycles. The van der Waals surface area contributed by atoms with Gasteiger partial charge in [0.05, 0.1) is 55.2 Å². The van der Waals surface area contributed by atoms with Crippen LogP contribution in [0.15, 0.2) is 37.1 Å². The summed E-state index contributed by atoms with van der Waals surface area (Å²) in [6.45, 7) is 5.61. The van der Waals surface area contributed by atoms with Gasteiger partial charge in [-0.05, 0) is 24.6 Å². The summed E-state index contributed by atoms with van der Waals surface area (Å²) in [7, 11) is 6.33. The number of aromatic nitrogens is 2. The van der Waals surface area contributed by atoms with Crippen LogP contribution in [0.4, 0.5) is 11.6 Å². The van der Waals surface area contributed by atoms with E-state index in [4.69, 9.17) is 56.9 Å². The quantitative estimate of drug-likeness (QED) is 0.241. The molecule has 2 aromatic heterocycles. The molecule has 0 spiro atoms. The van der Waals surface area contributed by atoms with Crippen molar-refractivity contribution < 1.29 is 28.5 Å². The Labute approximate surface area is 260 Å². The molecule has 0 bridgehead atoms. The van der Waals surface area contributed by atoms with Crippen LogP contribution in [0, 0.1) is 0 Å². The number of carbonyl (C=O) groups is 1. The third-order valence-electron chi connectivity index (χ3n) is 7.96. The molecule has 0 saturated carbocycles. The van der Waals surface area contributed by atoms with Gasteiger partial charge in [0, 0.05) is 62.4 Å². The van der Waals surface area contributed by atoms with Gasteiger partial charge >= 0.3 is 0 Å². The van der Waals surface area contributed by atoms with Crippen molar-refractivity contribution in [2.24, 2.45) is 0 Å². The highest BCUT2D eigenvalue weighted by Crippen LogP contribution is 2.47. The normalized spacial score (nSPS) is 19.7. The smallest absolute Gasteiger partial charge is 0.243 e. The van der Waals surface area contributed by atoms with Crippen molar-refractivity contribution >= 4 is 51.5 Å². The minimum atomic E-state index is -0.775. The number of hydrogen-bond donors (Lipinski definition) is 2. The average Bonchev–Trinajstić information content (AvgIpc) is 3.47. The van der Waals surface area contributed by atoms with Gasteiger partial charge in [0.25, 0.3) is 0 Å². The Bertz CT molecular complexity index is 1490. The first kappa shape index (κ1) is 31.1. The zero-order valence-corrected chi connectivity index (χ0v) is 26.1. The summed E-state index contributed by atoms with van der Waals surface area (Å²) in [5.41, 5.74) is 1.01. The first-order valence-corrected chi connectivity index (χ1v) is 14.6. The third-order valence-corrected chi connectivity index (χ3v) is 8.72. The molecule has 1 aromatic carbocycles. The van der Waals surface area contributed by atoms with Crippen LogP contribution in [0.25, 0.3) is 22.0 Å². The third kappa shape index (κ3) is 6.18. The van der Waals surface area contributed by atoms with Crippen molar-refractivity contribution in [3.8, 4) is 22.8 Å². The number of methoxy groups -OCH3 is 4. The topological polar surface area (TPSA) is 116 Å². The zero-order valence-electron chi connectivity index (χ0n) is 24.5. The number of nitrogens with one attached hydrogen (secondary N) is 2. The van der Waals surface area contributed by atoms with Gasteiger partial charge in [-0.25, -0.2) is 9.97 Å². The fraction of sp³-hybridized carbons (Fsp3) is 0.433. The molecule has 1 amide bonds. The number of rotatable bonds is 10. The maximum absolute atomic E-state index is 12.0. The highest BCUT2D eigenvalue weighted by Gasteiger charge is 2.40. The summed E-state index contributed by atoms with van der Waals surface area (Å²) in [4.78, 5) is 24.0. The van der Waals surface area contributed by atoms with Crippen molar-refractivity contribution in [3.63, 3.8) is 0 Å². The van der Waals surface area contributed by atoms with E-state index >= 15 is 0 Å². The first-order valence-electron chi connectivity index (χ1n) is 13.8. The Morgan fingerprint density at radius 2 is 1.84 bits per heavy atom. The van der Waals surface area contributed by atoms with Gasteiger partial charge < -0.3 is 39.2 Å². The number of anilines is 2. The number of ether oxygens (including phenoxy) is 5. The van der Waals surface area contributed by atoms with Crippen molar-refractivity contribution in [2.45, 2.75) is 30.7 Å². The van der Waals surface area contributed by atoms with E-state index < -0.39 is 5.79 Å². The predicted molar refractivity (Wildman–Crippen MR) is 167 cm³/mol. The van der Waals surface area contributed by atoms with Crippen molar-refractivity contribution in [1.29, 1.82) is 0 Å². The number of carbonyl (C=O) groups excluding carboxylic acids is 1. The van der Waals surface area contributed by atoms with Crippen LogP contribution in [0.5, 0.6) is 11.5 Å². The molecule has 2 N–H and O–H groups in total. The molecule has 43 heavy (non-hydrogen) atoms. The second-order valence-corrected chi connectivity index (χ2v) is 11.1. The van der Waals surface area contributed by atoms with E-state index in [1.807, 2.05) is 12.1 Å². The zero-order chi connectivity index (χ0) is 30.7. The Kier molecular flexibility index (Phi) is 9.48. The molecular weight excluding hydrogens is 597 g/mol. The van der Waals surface area contributed by atoms with Crippen molar-refractivity contribution in [3.05, 3.63) is 47.1 Å². The highest BCUT2D eigenvalue weighted by atomic mass is 35.5. The summed E-state index contributed by atoms with van der Waals surface area (Å²) in [6.07, 6.45) is 4.34. The van der Waals surface area contributed by atoms with Crippen LogP contribution in [-0.4, -0.2) is 88.5 Å². The van der Waals surface area contributed by atoms with Gasteiger partial charge in [-0.1, -0.05) is 29.8 Å². The summed E-state index contributed by atoms with van der Waals surface area (Å²) < 4.78 is 28.2. The SMILES string of the molecule is C=CC(=O)N[C@H]1CCOC[C@H]1Nc1cc2c(N3CCC(OC)(OC)C3)nc(-c3c(Cl)c(OC)cc(OC)c3Cl)cc2cn1. The van der Waals surface area contributed by atoms with E-state index in [-0.39, 0.29) is 18.0 Å². The molecule has 5 rings (SSSR count). The van der Waals surface area contributed by atoms with Gasteiger partial charge in [-0.15, -0.1) is 0 Å². The van der Waals surface area contributed by atoms with Crippen LogP contribution in [0.2, 0.25) is 10.0 Å². The molecule has 4 heterocycles. The molecule has 230 valence electrons. The molecule has 2 fully saturated rings. The fourth-order valence-electron chi connectivity index (χ4n) is 5.52. The van der Waals surface area contributed by atoms with E-state index in [0.29, 0.717) is 83.6 Å². The van der Waals surface area contributed by atoms with E-state index in [2.05, 4.69) is 22.1 Å².